The highest BCUT2D eigenvalue weighted by Crippen LogP contribution is 2.38. The molecule has 0 amide bonds. The van der Waals surface area contributed by atoms with Crippen molar-refractivity contribution in [3.8, 4) is 0 Å². The molecule has 0 saturated heterocycles. The van der Waals surface area contributed by atoms with Gasteiger partial charge in [0.2, 0.25) is 0 Å². The van der Waals surface area contributed by atoms with Crippen LogP contribution in [0.1, 0.15) is 38.2 Å². The number of Topliss-reactive ketones (excluding diaryl/α,β-unsaturated/α-hetero) is 1. The number of thioether (sulfide) groups is 1. The lowest BCUT2D eigenvalue weighted by Crippen LogP contribution is -2.24. The van der Waals surface area contributed by atoms with E-state index in [2.05, 4.69) is 5.16 Å². The summed E-state index contributed by atoms with van der Waals surface area (Å²) in [5.74, 6) is 0.252. The van der Waals surface area contributed by atoms with E-state index in [0.717, 1.165) is 6.07 Å². The summed E-state index contributed by atoms with van der Waals surface area (Å²) < 4.78 is 38.8. The van der Waals surface area contributed by atoms with E-state index in [-0.39, 0.29) is 34.5 Å². The average molecular weight is 436 g/mol. The van der Waals surface area contributed by atoms with Crippen LogP contribution in [-0.2, 0) is 15.8 Å². The molecule has 1 aromatic carbocycles. The maximum Gasteiger partial charge on any atom is 0.417 e. The van der Waals surface area contributed by atoms with Crippen LogP contribution >= 0.6 is 23.4 Å². The molecular weight excluding hydrogens is 415 g/mol. The molecule has 154 valence electrons. The van der Waals surface area contributed by atoms with Gasteiger partial charge >= 0.3 is 6.18 Å². The van der Waals surface area contributed by atoms with E-state index in [1.807, 2.05) is 6.92 Å². The van der Waals surface area contributed by atoms with Gasteiger partial charge in [-0.05, 0) is 42.7 Å². The minimum absolute atomic E-state index is 0.00486. The van der Waals surface area contributed by atoms with Crippen molar-refractivity contribution < 1.29 is 27.9 Å². The van der Waals surface area contributed by atoms with Gasteiger partial charge in [-0.1, -0.05) is 23.7 Å². The third-order valence-electron chi connectivity index (χ3n) is 4.39. The summed E-state index contributed by atoms with van der Waals surface area (Å²) in [5.41, 5.74) is -0.221. The highest BCUT2D eigenvalue weighted by Gasteiger charge is 2.33. The van der Waals surface area contributed by atoms with Crippen molar-refractivity contribution in [2.45, 2.75) is 43.7 Å². The van der Waals surface area contributed by atoms with E-state index in [0.29, 0.717) is 35.6 Å². The number of aliphatic hydroxyl groups excluding tert-OH is 1. The molecule has 1 atom stereocenters. The molecule has 2 rings (SSSR count). The van der Waals surface area contributed by atoms with Crippen molar-refractivity contribution in [2.75, 3.05) is 12.9 Å². The Kier molecular flexibility index (Phi) is 7.83. The molecule has 9 heteroatoms. The lowest BCUT2D eigenvalue weighted by atomic mass is 9.83. The van der Waals surface area contributed by atoms with Gasteiger partial charge in [-0.3, -0.25) is 4.79 Å². The Morgan fingerprint density at radius 1 is 1.39 bits per heavy atom. The van der Waals surface area contributed by atoms with Crippen molar-refractivity contribution >= 4 is 34.9 Å². The number of carbonyl (C=O) groups is 1. The first-order valence-corrected chi connectivity index (χ1v) is 10.1. The van der Waals surface area contributed by atoms with E-state index < -0.39 is 11.7 Å². The Morgan fingerprint density at radius 3 is 2.68 bits per heavy atom. The van der Waals surface area contributed by atoms with Gasteiger partial charge in [-0.25, -0.2) is 0 Å². The van der Waals surface area contributed by atoms with Crippen LogP contribution in [0.2, 0.25) is 5.02 Å². The summed E-state index contributed by atoms with van der Waals surface area (Å²) in [4.78, 5) is 17.6. The number of allylic oxidation sites excluding steroid dienone is 2. The van der Waals surface area contributed by atoms with E-state index in [9.17, 15) is 23.1 Å². The molecule has 0 spiro atoms. The summed E-state index contributed by atoms with van der Waals surface area (Å²) in [6.07, 6.45) is -2.87. The zero-order valence-electron chi connectivity index (χ0n) is 15.5. The van der Waals surface area contributed by atoms with Crippen molar-refractivity contribution in [2.24, 2.45) is 11.1 Å². The van der Waals surface area contributed by atoms with Crippen molar-refractivity contribution in [3.05, 3.63) is 40.1 Å². The van der Waals surface area contributed by atoms with Crippen LogP contribution in [0, 0.1) is 5.92 Å². The van der Waals surface area contributed by atoms with E-state index in [4.69, 9.17) is 16.4 Å². The van der Waals surface area contributed by atoms with Gasteiger partial charge in [0.05, 0.1) is 21.9 Å². The van der Waals surface area contributed by atoms with Crippen LogP contribution < -0.4 is 0 Å². The Balaban J connectivity index is 2.00. The third-order valence-corrected chi connectivity index (χ3v) is 5.74. The van der Waals surface area contributed by atoms with E-state index in [1.54, 1.807) is 6.07 Å². The third kappa shape index (κ3) is 5.67. The van der Waals surface area contributed by atoms with Crippen molar-refractivity contribution in [1.29, 1.82) is 0 Å². The fraction of sp³-hybridized carbons (Fsp3) is 0.474. The highest BCUT2D eigenvalue weighted by molar-refractivity contribution is 7.99. The van der Waals surface area contributed by atoms with Gasteiger partial charge in [-0.2, -0.15) is 13.2 Å². The maximum atomic E-state index is 12.9. The number of oxime groups is 1. The zero-order chi connectivity index (χ0) is 20.9. The minimum atomic E-state index is -4.50. The second-order valence-electron chi connectivity index (χ2n) is 6.37. The molecule has 0 radical (unpaired) electrons. The first-order valence-electron chi connectivity index (χ1n) is 8.72. The molecule has 1 aliphatic carbocycles. The Hall–Kier alpha value is -1.67. The number of aliphatic hydroxyl groups is 1. The molecule has 0 aliphatic heterocycles. The van der Waals surface area contributed by atoms with Crippen LogP contribution in [0.5, 0.6) is 0 Å². The van der Waals surface area contributed by atoms with Crippen molar-refractivity contribution in [3.63, 3.8) is 0 Å². The molecule has 4 nitrogen and oxygen atoms in total. The standard InChI is InChI=1S/C19H21ClF3NO3S/c1-3-15(24-27-2)18-16(25)8-11(9-17(18)26)6-7-28-12-4-5-14(20)13(10-12)19(21,22)23/h4-5,10-11,25H,3,6-9H2,1-2H3/b24-15-. The Bertz CT molecular complexity index is 793. The predicted molar refractivity (Wildman–Crippen MR) is 104 cm³/mol. The van der Waals surface area contributed by atoms with Crippen LogP contribution in [-0.4, -0.2) is 29.5 Å². The van der Waals surface area contributed by atoms with Gasteiger partial charge in [-0.15, -0.1) is 11.8 Å². The maximum absolute atomic E-state index is 12.9. The second-order valence-corrected chi connectivity index (χ2v) is 7.95. The molecule has 0 saturated carbocycles. The minimum Gasteiger partial charge on any atom is -0.511 e. The first kappa shape index (κ1) is 22.6. The summed E-state index contributed by atoms with van der Waals surface area (Å²) in [5, 5.41) is 13.8. The van der Waals surface area contributed by atoms with Gasteiger partial charge in [0.1, 0.15) is 12.9 Å². The monoisotopic (exact) mass is 435 g/mol. The van der Waals surface area contributed by atoms with Gasteiger partial charge in [0.25, 0.3) is 0 Å². The van der Waals surface area contributed by atoms with Crippen LogP contribution in [0.4, 0.5) is 13.2 Å². The lowest BCUT2D eigenvalue weighted by molar-refractivity contribution is -0.137. The van der Waals surface area contributed by atoms with E-state index in [1.165, 1.54) is 24.9 Å². The van der Waals surface area contributed by atoms with Gasteiger partial charge in [0, 0.05) is 17.7 Å². The number of hydrogen-bond acceptors (Lipinski definition) is 5. The molecule has 1 aliphatic rings. The SMILES string of the molecule is CC/C(=N/OC)C1=C(O)CC(CCSc2ccc(Cl)c(C(F)(F)F)c2)CC1=O. The molecule has 1 aromatic rings. The van der Waals surface area contributed by atoms with Crippen LogP contribution in [0.25, 0.3) is 0 Å². The smallest absolute Gasteiger partial charge is 0.417 e. The largest absolute Gasteiger partial charge is 0.511 e. The van der Waals surface area contributed by atoms with Crippen LogP contribution in [0.3, 0.4) is 0 Å². The number of halogens is 4. The zero-order valence-corrected chi connectivity index (χ0v) is 17.0. The van der Waals surface area contributed by atoms with Crippen molar-refractivity contribution in [1.82, 2.24) is 0 Å². The molecule has 0 bridgehead atoms. The molecule has 28 heavy (non-hydrogen) atoms. The predicted octanol–water partition coefficient (Wildman–Crippen LogP) is 6.04. The first-order chi connectivity index (χ1) is 13.2. The summed E-state index contributed by atoms with van der Waals surface area (Å²) >= 11 is 6.89. The van der Waals surface area contributed by atoms with Gasteiger partial charge in [0.15, 0.2) is 5.78 Å². The molecule has 1 N–H and O–H groups in total. The number of carbonyl (C=O) groups excluding carboxylic acids is 1. The normalized spacial score (nSPS) is 18.6. The fourth-order valence-corrected chi connectivity index (χ4v) is 4.33. The fourth-order valence-electron chi connectivity index (χ4n) is 3.06. The second kappa shape index (κ2) is 9.69. The van der Waals surface area contributed by atoms with E-state index >= 15 is 0 Å². The molecule has 0 aromatic heterocycles. The molecule has 0 heterocycles. The number of benzene rings is 1. The summed E-state index contributed by atoms with van der Waals surface area (Å²) in [6, 6.07) is 3.81. The highest BCUT2D eigenvalue weighted by atomic mass is 35.5. The Morgan fingerprint density at radius 2 is 2.11 bits per heavy atom. The Labute approximate surface area is 170 Å². The van der Waals surface area contributed by atoms with Gasteiger partial charge < -0.3 is 9.94 Å². The quantitative estimate of drug-likeness (QED) is 0.322. The molecular formula is C19H21ClF3NO3S. The van der Waals surface area contributed by atoms with Crippen LogP contribution in [0.15, 0.2) is 39.6 Å². The molecule has 0 fully saturated rings. The number of rotatable bonds is 7. The lowest BCUT2D eigenvalue weighted by Gasteiger charge is -2.23. The number of alkyl halides is 3. The number of hydrogen-bond donors (Lipinski definition) is 1. The summed E-state index contributed by atoms with van der Waals surface area (Å²) in [6.45, 7) is 1.81. The summed E-state index contributed by atoms with van der Waals surface area (Å²) in [7, 11) is 1.38. The number of nitrogens with zero attached hydrogens (tertiary/aromatic N) is 1. The topological polar surface area (TPSA) is 58.9 Å². The molecule has 1 unspecified atom stereocenters. The number of ketones is 1. The average Bonchev–Trinajstić information content (AvgIpc) is 2.60.